The maximum Gasteiger partial charge on any atom is 0.0385 e. The zero-order valence-electron chi connectivity index (χ0n) is 12.2. The summed E-state index contributed by atoms with van der Waals surface area (Å²) in [7, 11) is 0. The third-order valence-electron chi connectivity index (χ3n) is 4.20. The maximum absolute atomic E-state index is 3.77. The molecule has 1 unspecified atom stereocenters. The van der Waals surface area contributed by atoms with Gasteiger partial charge in [0.1, 0.15) is 0 Å². The molecule has 1 N–H and O–H groups in total. The van der Waals surface area contributed by atoms with Crippen LogP contribution in [-0.4, -0.2) is 31.1 Å². The van der Waals surface area contributed by atoms with E-state index in [1.54, 1.807) is 0 Å². The number of hydrogen-bond donors (Lipinski definition) is 1. The Kier molecular flexibility index (Phi) is 5.43. The van der Waals surface area contributed by atoms with E-state index in [1.165, 1.54) is 22.0 Å². The third-order valence-corrected chi connectivity index (χ3v) is 4.89. The number of hydrogen-bond acceptors (Lipinski definition) is 2. The average molecular weight is 325 g/mol. The van der Waals surface area contributed by atoms with Crippen LogP contribution in [0.1, 0.15) is 37.4 Å². The van der Waals surface area contributed by atoms with Gasteiger partial charge in [0, 0.05) is 36.7 Å². The van der Waals surface area contributed by atoms with Crippen LogP contribution in [0.2, 0.25) is 0 Å². The van der Waals surface area contributed by atoms with E-state index >= 15 is 0 Å². The second-order valence-corrected chi connectivity index (χ2v) is 6.50. The van der Waals surface area contributed by atoms with Crippen LogP contribution in [-0.2, 0) is 0 Å². The Hall–Kier alpha value is -0.380. The fraction of sp³-hybridized carbons (Fsp3) is 0.625. The van der Waals surface area contributed by atoms with Crippen molar-refractivity contribution in [2.24, 2.45) is 5.92 Å². The monoisotopic (exact) mass is 324 g/mol. The normalized spacial score (nSPS) is 20.2. The van der Waals surface area contributed by atoms with Gasteiger partial charge in [0.2, 0.25) is 0 Å². The molecule has 1 heterocycles. The van der Waals surface area contributed by atoms with Crippen molar-refractivity contribution in [3.05, 3.63) is 33.8 Å². The molecular weight excluding hydrogens is 300 g/mol. The van der Waals surface area contributed by atoms with Crippen molar-refractivity contribution >= 4 is 15.9 Å². The molecule has 1 aromatic rings. The van der Waals surface area contributed by atoms with Crippen LogP contribution in [0.4, 0.5) is 0 Å². The molecule has 0 aromatic heterocycles. The van der Waals surface area contributed by atoms with Gasteiger partial charge >= 0.3 is 0 Å². The van der Waals surface area contributed by atoms with E-state index in [0.29, 0.717) is 12.0 Å². The molecule has 3 heteroatoms. The minimum Gasteiger partial charge on any atom is -0.314 e. The molecule has 1 aliphatic rings. The predicted molar refractivity (Wildman–Crippen MR) is 85.5 cm³/mol. The highest BCUT2D eigenvalue weighted by Crippen LogP contribution is 2.35. The van der Waals surface area contributed by atoms with Gasteiger partial charge in [-0.25, -0.2) is 0 Å². The first-order valence-corrected chi connectivity index (χ1v) is 8.13. The number of nitrogens with zero attached hydrogens (tertiary/aromatic N) is 1. The number of nitrogens with one attached hydrogen (secondary N) is 1. The van der Waals surface area contributed by atoms with Gasteiger partial charge < -0.3 is 5.32 Å². The predicted octanol–water partition coefficient (Wildman–Crippen LogP) is 3.75. The van der Waals surface area contributed by atoms with Crippen LogP contribution >= 0.6 is 15.9 Å². The van der Waals surface area contributed by atoms with Crippen LogP contribution in [0.25, 0.3) is 0 Å². The topological polar surface area (TPSA) is 15.3 Å². The summed E-state index contributed by atoms with van der Waals surface area (Å²) in [5.74, 6) is 0.678. The Balaban J connectivity index is 2.30. The molecule has 0 saturated carbocycles. The van der Waals surface area contributed by atoms with Crippen LogP contribution in [0.3, 0.4) is 0 Å². The molecule has 0 bridgehead atoms. The van der Waals surface area contributed by atoms with Crippen LogP contribution in [0.15, 0.2) is 22.7 Å². The molecule has 0 radical (unpaired) electrons. The Bertz CT molecular complexity index is 413. The molecule has 0 amide bonds. The first kappa shape index (κ1) is 15.0. The number of rotatable bonds is 4. The van der Waals surface area contributed by atoms with Crippen molar-refractivity contribution in [3.8, 4) is 0 Å². The molecule has 106 valence electrons. The summed E-state index contributed by atoms with van der Waals surface area (Å²) in [6.07, 6.45) is 1.22. The molecule has 2 rings (SSSR count). The Morgan fingerprint density at radius 3 is 2.58 bits per heavy atom. The first-order chi connectivity index (χ1) is 9.13. The third kappa shape index (κ3) is 3.59. The van der Waals surface area contributed by atoms with E-state index in [9.17, 15) is 0 Å². The van der Waals surface area contributed by atoms with Gasteiger partial charge in [-0.15, -0.1) is 0 Å². The lowest BCUT2D eigenvalue weighted by Gasteiger charge is -2.39. The van der Waals surface area contributed by atoms with Crippen LogP contribution < -0.4 is 5.32 Å². The van der Waals surface area contributed by atoms with Crippen molar-refractivity contribution < 1.29 is 0 Å². The second-order valence-electron chi connectivity index (χ2n) is 5.64. The average Bonchev–Trinajstić information content (AvgIpc) is 2.42. The van der Waals surface area contributed by atoms with Crippen molar-refractivity contribution in [2.45, 2.75) is 33.2 Å². The maximum atomic E-state index is 3.77. The molecule has 0 aliphatic carbocycles. The van der Waals surface area contributed by atoms with E-state index in [-0.39, 0.29) is 0 Å². The summed E-state index contributed by atoms with van der Waals surface area (Å²) in [5, 5.41) is 3.45. The second kappa shape index (κ2) is 6.87. The van der Waals surface area contributed by atoms with Crippen molar-refractivity contribution in [1.82, 2.24) is 10.2 Å². The van der Waals surface area contributed by atoms with Gasteiger partial charge in [0.15, 0.2) is 0 Å². The van der Waals surface area contributed by atoms with Gasteiger partial charge in [0.25, 0.3) is 0 Å². The van der Waals surface area contributed by atoms with Gasteiger partial charge in [-0.3, -0.25) is 4.90 Å². The summed E-state index contributed by atoms with van der Waals surface area (Å²) in [5.41, 5.74) is 2.76. The van der Waals surface area contributed by atoms with E-state index < -0.39 is 0 Å². The lowest BCUT2D eigenvalue weighted by Crippen LogP contribution is -2.46. The number of piperazine rings is 1. The van der Waals surface area contributed by atoms with Crippen molar-refractivity contribution in [2.75, 3.05) is 26.2 Å². The summed E-state index contributed by atoms with van der Waals surface area (Å²) >= 11 is 3.77. The number of benzene rings is 1. The van der Waals surface area contributed by atoms with Crippen LogP contribution in [0.5, 0.6) is 0 Å². The Morgan fingerprint density at radius 1 is 1.32 bits per heavy atom. The molecule has 2 nitrogen and oxygen atoms in total. The molecule has 1 aliphatic heterocycles. The standard InChI is InChI=1S/C16H25BrN2/c1-4-13(3)16(19-9-7-18-8-10-19)14-6-5-12(2)11-15(14)17/h5-6,11,13,16,18H,4,7-10H2,1-3H3/t13?,16-/m1/s1. The first-order valence-electron chi connectivity index (χ1n) is 7.34. The molecule has 1 aromatic carbocycles. The highest BCUT2D eigenvalue weighted by atomic mass is 79.9. The van der Waals surface area contributed by atoms with Gasteiger partial charge in [-0.1, -0.05) is 48.3 Å². The lowest BCUT2D eigenvalue weighted by atomic mass is 9.90. The highest BCUT2D eigenvalue weighted by Gasteiger charge is 2.27. The van der Waals surface area contributed by atoms with Gasteiger partial charge in [0.05, 0.1) is 0 Å². The molecular formula is C16H25BrN2. The van der Waals surface area contributed by atoms with Crippen molar-refractivity contribution in [3.63, 3.8) is 0 Å². The van der Waals surface area contributed by atoms with E-state index in [4.69, 9.17) is 0 Å². The SMILES string of the molecule is CCC(C)[C@H](c1ccc(C)cc1Br)N1CCNCC1. The smallest absolute Gasteiger partial charge is 0.0385 e. The molecule has 1 saturated heterocycles. The molecule has 0 spiro atoms. The fourth-order valence-corrected chi connectivity index (χ4v) is 3.65. The quantitative estimate of drug-likeness (QED) is 0.907. The fourth-order valence-electron chi connectivity index (χ4n) is 2.92. The van der Waals surface area contributed by atoms with E-state index in [1.807, 2.05) is 0 Å². The molecule has 19 heavy (non-hydrogen) atoms. The van der Waals surface area contributed by atoms with Gasteiger partial charge in [-0.2, -0.15) is 0 Å². The lowest BCUT2D eigenvalue weighted by molar-refractivity contribution is 0.128. The molecule has 1 fully saturated rings. The zero-order chi connectivity index (χ0) is 13.8. The van der Waals surface area contributed by atoms with E-state index in [2.05, 4.69) is 65.1 Å². The number of halogens is 1. The summed E-state index contributed by atoms with van der Waals surface area (Å²) in [6, 6.07) is 7.31. The zero-order valence-corrected chi connectivity index (χ0v) is 13.8. The number of aryl methyl sites for hydroxylation is 1. The van der Waals surface area contributed by atoms with E-state index in [0.717, 1.165) is 26.2 Å². The van der Waals surface area contributed by atoms with Crippen LogP contribution in [0, 0.1) is 12.8 Å². The summed E-state index contributed by atoms with van der Waals surface area (Å²) in [4.78, 5) is 2.64. The highest BCUT2D eigenvalue weighted by molar-refractivity contribution is 9.10. The van der Waals surface area contributed by atoms with Gasteiger partial charge in [-0.05, 0) is 30.0 Å². The largest absolute Gasteiger partial charge is 0.314 e. The summed E-state index contributed by atoms with van der Waals surface area (Å²) in [6.45, 7) is 11.3. The van der Waals surface area contributed by atoms with Crippen molar-refractivity contribution in [1.29, 1.82) is 0 Å². The summed E-state index contributed by atoms with van der Waals surface area (Å²) < 4.78 is 1.26. The minimum atomic E-state index is 0.530. The Labute approximate surface area is 125 Å². The molecule has 2 atom stereocenters. The minimum absolute atomic E-state index is 0.530. The Morgan fingerprint density at radius 2 is 2.00 bits per heavy atom.